The van der Waals surface area contributed by atoms with E-state index < -0.39 is 0 Å². The van der Waals surface area contributed by atoms with E-state index in [0.717, 1.165) is 0 Å². The monoisotopic (exact) mass is 463 g/mol. The third-order valence-electron chi connectivity index (χ3n) is 0. The second kappa shape index (κ2) is 57.0. The van der Waals surface area contributed by atoms with Crippen LogP contribution in [0.2, 0.25) is 0 Å². The first-order chi connectivity index (χ1) is 0. The van der Waals surface area contributed by atoms with Gasteiger partial charge in [-0.05, 0) is 0 Å². The van der Waals surface area contributed by atoms with Crippen LogP contribution in [0.3, 0.4) is 0 Å². The molecule has 0 amide bonds. The summed E-state index contributed by atoms with van der Waals surface area (Å²) in [6, 6.07) is 0. The Morgan fingerprint density at radius 1 is 0.571 bits per heavy atom. The molecule has 43 valence electrons. The Morgan fingerprint density at radius 2 is 0.571 bits per heavy atom. The zero-order valence-corrected chi connectivity index (χ0v) is 9.59. The van der Waals surface area contributed by atoms with Crippen molar-refractivity contribution in [3.05, 3.63) is 0 Å². The Kier molecular flexibility index (Phi) is 643. The smallest absolute Gasteiger partial charge is 0 e. The van der Waals surface area contributed by atoms with Crippen molar-refractivity contribution in [2.75, 3.05) is 0 Å². The minimum atomic E-state index is 0. The summed E-state index contributed by atoms with van der Waals surface area (Å²) >= 11 is 0. The van der Waals surface area contributed by atoms with Crippen molar-refractivity contribution in [1.82, 2.24) is 0 Å². The van der Waals surface area contributed by atoms with Gasteiger partial charge >= 0.3 is 51.7 Å². The molecule has 0 atom stereocenters. The molecule has 0 unspecified atom stereocenters. The summed E-state index contributed by atoms with van der Waals surface area (Å²) < 4.78 is 0. The van der Waals surface area contributed by atoms with Crippen molar-refractivity contribution < 1.29 is 67.0 Å². The Balaban J connectivity index is 0. The van der Waals surface area contributed by atoms with Crippen LogP contribution >= 0.6 is 0 Å². The topological polar surface area (TPSA) is 63.0 Å². The summed E-state index contributed by atoms with van der Waals surface area (Å²) in [5.74, 6) is 0. The van der Waals surface area contributed by atoms with Gasteiger partial charge in [-0.25, -0.2) is 0 Å². The summed E-state index contributed by atoms with van der Waals surface area (Å²) in [6.45, 7) is 0. The van der Waals surface area contributed by atoms with Crippen molar-refractivity contribution in [3.63, 3.8) is 0 Å². The predicted octanol–water partition coefficient (Wildman–Crippen LogP) is -4.02. The average Bonchev–Trinajstić information content (AvgIpc) is 0. The molecule has 0 fully saturated rings. The molecule has 0 aliphatic carbocycles. The third kappa shape index (κ3) is 44.3. The molecule has 0 aliphatic heterocycles. The van der Waals surface area contributed by atoms with Crippen molar-refractivity contribution in [3.8, 4) is 0 Å². The largest absolute Gasteiger partial charge is 0 e. The first-order valence-corrected chi connectivity index (χ1v) is 0. The molecule has 0 heterocycles. The molecule has 0 aromatic heterocycles. The minimum absolute atomic E-state index is 0. The van der Waals surface area contributed by atoms with E-state index in [1.165, 1.54) is 0 Å². The van der Waals surface area contributed by atoms with Crippen LogP contribution in [-0.4, -0.2) is 62.6 Å². The van der Waals surface area contributed by atoms with Crippen LogP contribution in [0.4, 0.5) is 0 Å². The second-order valence-electron chi connectivity index (χ2n) is 0. The fraction of sp³-hybridized carbons (Fsp3) is 0. The maximum atomic E-state index is 0. The maximum absolute atomic E-state index is 0. The van der Waals surface area contributed by atoms with Crippen LogP contribution in [-0.2, 0) is 56.0 Å². The van der Waals surface area contributed by atoms with Gasteiger partial charge in [0, 0.05) is 56.0 Å². The van der Waals surface area contributed by atoms with Crippen molar-refractivity contribution in [1.29, 1.82) is 0 Å². The minimum Gasteiger partial charge on any atom is 0 e. The van der Waals surface area contributed by atoms with Gasteiger partial charge in [-0.1, -0.05) is 0 Å². The van der Waals surface area contributed by atoms with Gasteiger partial charge in [0.15, 0.2) is 0 Å². The van der Waals surface area contributed by atoms with E-state index in [9.17, 15) is 0 Å². The number of hydrogen-bond acceptors (Lipinski definition) is 0. The third-order valence-corrected chi connectivity index (χ3v) is 0. The summed E-state index contributed by atoms with van der Waals surface area (Å²) in [4.78, 5) is 0. The molecule has 2 nitrogen and oxygen atoms in total. The van der Waals surface area contributed by atoms with E-state index >= 15 is 0 Å². The summed E-state index contributed by atoms with van der Waals surface area (Å²) in [5, 5.41) is 0. The van der Waals surface area contributed by atoms with Crippen molar-refractivity contribution >= 4 is 51.7 Å². The van der Waals surface area contributed by atoms with Gasteiger partial charge in [-0.15, -0.1) is 0 Å². The molecule has 0 aromatic carbocycles. The fourth-order valence-corrected chi connectivity index (χ4v) is 0. The van der Waals surface area contributed by atoms with E-state index in [2.05, 4.69) is 0 Å². The molecular formula is H10CuIn2O2Zn2. The van der Waals surface area contributed by atoms with E-state index in [1.807, 2.05) is 0 Å². The van der Waals surface area contributed by atoms with Crippen LogP contribution in [0, 0.1) is 0 Å². The fourth-order valence-electron chi connectivity index (χ4n) is 0. The molecule has 1 radical (unpaired) electrons. The van der Waals surface area contributed by atoms with Gasteiger partial charge < -0.3 is 11.0 Å². The standard InChI is InChI=1S/Cu.2In.2H2O.2Zn.6H/h;;;2*1H2;;;;;;;;. The zero-order chi connectivity index (χ0) is 0. The van der Waals surface area contributed by atoms with E-state index in [1.54, 1.807) is 0 Å². The molecule has 0 aromatic rings. The second-order valence-corrected chi connectivity index (χ2v) is 0. The molecule has 7 heavy (non-hydrogen) atoms. The van der Waals surface area contributed by atoms with E-state index in [0.29, 0.717) is 0 Å². The van der Waals surface area contributed by atoms with Crippen molar-refractivity contribution in [2.45, 2.75) is 0 Å². The van der Waals surface area contributed by atoms with E-state index in [4.69, 9.17) is 0 Å². The molecule has 0 saturated heterocycles. The predicted molar refractivity (Wildman–Crippen MR) is 27.1 cm³/mol. The Labute approximate surface area is 117 Å². The van der Waals surface area contributed by atoms with Gasteiger partial charge in [0.1, 0.15) is 0 Å². The average molecular weight is 466 g/mol. The van der Waals surface area contributed by atoms with Gasteiger partial charge in [-0.2, -0.15) is 0 Å². The summed E-state index contributed by atoms with van der Waals surface area (Å²) in [5.41, 5.74) is 0. The van der Waals surface area contributed by atoms with Gasteiger partial charge in [0.25, 0.3) is 0 Å². The Morgan fingerprint density at radius 3 is 0.571 bits per heavy atom. The Bertz CT molecular complexity index is 13.7. The molecule has 0 bridgehead atoms. The van der Waals surface area contributed by atoms with Crippen LogP contribution < -0.4 is 0 Å². The zero-order valence-electron chi connectivity index (χ0n) is 2.72. The Hall–Kier alpha value is 3.43. The quantitative estimate of drug-likeness (QED) is 0.327. The van der Waals surface area contributed by atoms with Gasteiger partial charge in [-0.3, -0.25) is 0 Å². The number of rotatable bonds is 0. The molecule has 0 aliphatic rings. The number of hydrogen-bond donors (Lipinski definition) is 0. The van der Waals surface area contributed by atoms with Crippen LogP contribution in [0.1, 0.15) is 0 Å². The van der Waals surface area contributed by atoms with Gasteiger partial charge in [0.05, 0.1) is 0 Å². The first kappa shape index (κ1) is 78.9. The molecule has 4 N–H and O–H groups in total. The van der Waals surface area contributed by atoms with Crippen molar-refractivity contribution in [2.24, 2.45) is 0 Å². The molecule has 0 spiro atoms. The summed E-state index contributed by atoms with van der Waals surface area (Å²) in [7, 11) is 0. The molecular weight excluding hydrogens is 456 g/mol. The molecule has 0 saturated carbocycles. The maximum Gasteiger partial charge on any atom is 0 e. The first-order valence-electron chi connectivity index (χ1n) is 0. The van der Waals surface area contributed by atoms with Crippen LogP contribution in [0.25, 0.3) is 0 Å². The molecule has 7 heteroatoms. The normalized spacial score (nSPS) is 0. The van der Waals surface area contributed by atoms with Crippen LogP contribution in [0.5, 0.6) is 0 Å². The SMILES string of the molecule is O.O.[Cu].[InH3].[InH3].[Zn].[Zn]. The van der Waals surface area contributed by atoms with Crippen LogP contribution in [0.15, 0.2) is 0 Å². The summed E-state index contributed by atoms with van der Waals surface area (Å²) in [6.07, 6.45) is 0. The van der Waals surface area contributed by atoms with Gasteiger partial charge in [0.2, 0.25) is 0 Å². The van der Waals surface area contributed by atoms with E-state index in [-0.39, 0.29) is 119 Å². The molecule has 0 rings (SSSR count).